The Morgan fingerprint density at radius 1 is 1.38 bits per heavy atom. The number of esters is 1. The van der Waals surface area contributed by atoms with Crippen LogP contribution in [0.3, 0.4) is 0 Å². The summed E-state index contributed by atoms with van der Waals surface area (Å²) >= 11 is 0. The van der Waals surface area contributed by atoms with Crippen molar-refractivity contribution in [1.82, 2.24) is 4.98 Å². The highest BCUT2D eigenvalue weighted by Gasteiger charge is 2.78. The third-order valence-electron chi connectivity index (χ3n) is 7.69. The molecule has 0 aromatic carbocycles. The number of carbonyl (C=O) groups excluding carboxylic acids is 1. The number of nitrogens with two attached hydrogens (primary N) is 1. The molecular formula is C21H29N2O3+. The van der Waals surface area contributed by atoms with Crippen molar-refractivity contribution in [3.63, 3.8) is 0 Å². The Morgan fingerprint density at radius 2 is 2.27 bits per heavy atom. The lowest BCUT2D eigenvalue weighted by atomic mass is 9.53. The number of hydrogen-bond donors (Lipinski definition) is 1. The molecule has 5 rings (SSSR count). The average Bonchev–Trinajstić information content (AvgIpc) is 3.30. The predicted octanol–water partition coefficient (Wildman–Crippen LogP) is 1.67. The van der Waals surface area contributed by atoms with E-state index in [-0.39, 0.29) is 41.0 Å². The fraction of sp³-hybridized carbons (Fsp3) is 0.714. The van der Waals surface area contributed by atoms with E-state index in [1.165, 1.54) is 19.3 Å². The summed E-state index contributed by atoms with van der Waals surface area (Å²) < 4.78 is 12.4. The minimum absolute atomic E-state index is 0.000365. The minimum atomic E-state index is -0.0493. The molecule has 2 N–H and O–H groups in total. The summed E-state index contributed by atoms with van der Waals surface area (Å²) in [5, 5.41) is 2.20. The van der Waals surface area contributed by atoms with Gasteiger partial charge in [0.15, 0.2) is 0 Å². The maximum atomic E-state index is 12.6. The number of nitrogens with zero attached hydrogens (tertiary/aromatic N) is 1. The van der Waals surface area contributed by atoms with Gasteiger partial charge in [-0.1, -0.05) is 26.3 Å². The van der Waals surface area contributed by atoms with E-state index in [2.05, 4.69) is 24.1 Å². The van der Waals surface area contributed by atoms with Gasteiger partial charge in [0.25, 0.3) is 0 Å². The summed E-state index contributed by atoms with van der Waals surface area (Å²) in [5.74, 6) is 0.752. The molecule has 1 spiro atoms. The predicted molar refractivity (Wildman–Crippen MR) is 94.9 cm³/mol. The molecule has 2 aliphatic heterocycles. The third-order valence-corrected chi connectivity index (χ3v) is 7.69. The van der Waals surface area contributed by atoms with Gasteiger partial charge in [-0.2, -0.15) is 0 Å². The second kappa shape index (κ2) is 5.77. The Labute approximate surface area is 154 Å². The van der Waals surface area contributed by atoms with Crippen molar-refractivity contribution in [2.45, 2.75) is 63.9 Å². The van der Waals surface area contributed by atoms with Gasteiger partial charge >= 0.3 is 5.97 Å². The molecule has 1 aromatic heterocycles. The number of fused-ring (bicyclic) bond motifs is 2. The first kappa shape index (κ1) is 16.7. The van der Waals surface area contributed by atoms with Gasteiger partial charge in [0.1, 0.15) is 24.2 Å². The second-order valence-electron chi connectivity index (χ2n) is 9.10. The Morgan fingerprint density at radius 3 is 3.08 bits per heavy atom. The van der Waals surface area contributed by atoms with Crippen LogP contribution in [0.25, 0.3) is 0 Å². The van der Waals surface area contributed by atoms with E-state index in [1.807, 2.05) is 24.4 Å². The number of quaternary nitrogens is 1. The molecule has 0 bridgehead atoms. The van der Waals surface area contributed by atoms with Gasteiger partial charge < -0.3 is 14.8 Å². The molecule has 7 atom stereocenters. The van der Waals surface area contributed by atoms with Gasteiger partial charge in [-0.25, -0.2) is 0 Å². The van der Waals surface area contributed by atoms with Crippen molar-refractivity contribution >= 4 is 5.97 Å². The summed E-state index contributed by atoms with van der Waals surface area (Å²) in [6, 6.07) is 5.96. The van der Waals surface area contributed by atoms with E-state index in [0.717, 1.165) is 25.2 Å². The van der Waals surface area contributed by atoms with Crippen LogP contribution in [-0.2, 0) is 20.8 Å². The summed E-state index contributed by atoms with van der Waals surface area (Å²) in [4.78, 5) is 17.0. The molecule has 1 aromatic rings. The number of rotatable bonds is 4. The van der Waals surface area contributed by atoms with Crippen molar-refractivity contribution in [3.05, 3.63) is 30.1 Å². The van der Waals surface area contributed by atoms with Gasteiger partial charge in [0.05, 0.1) is 18.3 Å². The summed E-state index contributed by atoms with van der Waals surface area (Å²) in [7, 11) is 0. The number of pyridine rings is 1. The van der Waals surface area contributed by atoms with Gasteiger partial charge in [0, 0.05) is 17.5 Å². The topological polar surface area (TPSA) is 68.3 Å². The molecular weight excluding hydrogens is 328 g/mol. The molecule has 2 saturated heterocycles. The molecule has 0 amide bonds. The lowest BCUT2D eigenvalue weighted by Gasteiger charge is -2.48. The third kappa shape index (κ3) is 2.23. The fourth-order valence-corrected chi connectivity index (χ4v) is 6.43. The van der Waals surface area contributed by atoms with E-state index in [0.29, 0.717) is 5.92 Å². The monoisotopic (exact) mass is 357 g/mol. The van der Waals surface area contributed by atoms with Crippen LogP contribution in [0.4, 0.5) is 0 Å². The number of hydrogen-bond acceptors (Lipinski definition) is 4. The normalized spacial score (nSPS) is 46.1. The van der Waals surface area contributed by atoms with Gasteiger partial charge in [-0.15, -0.1) is 0 Å². The number of ether oxygens (including phenoxy) is 2. The van der Waals surface area contributed by atoms with Crippen LogP contribution in [0.1, 0.15) is 45.2 Å². The maximum absolute atomic E-state index is 12.6. The standard InChI is InChI=1S/C21H28N2O3/c1-13-6-5-8-20(2)10-16-17(18-21(13,20)26-18)15(19(24)25-16)12-22-11-14-7-3-4-9-23-14/h3-4,7,9,13,15-18,22H,5-6,8,10-12H2,1-2H3/p+1/t13-,15+,16+,17+,18+,20+,21+/m0/s1. The summed E-state index contributed by atoms with van der Waals surface area (Å²) in [6.45, 7) is 6.27. The van der Waals surface area contributed by atoms with Crippen molar-refractivity contribution < 1.29 is 19.6 Å². The first-order valence-corrected chi connectivity index (χ1v) is 10.1. The van der Waals surface area contributed by atoms with Crippen LogP contribution in [-0.4, -0.2) is 35.3 Å². The number of carbonyl (C=O) groups is 1. The van der Waals surface area contributed by atoms with Crippen LogP contribution in [0.5, 0.6) is 0 Å². The lowest BCUT2D eigenvalue weighted by molar-refractivity contribution is -0.675. The molecule has 0 unspecified atom stereocenters. The molecule has 5 nitrogen and oxygen atoms in total. The van der Waals surface area contributed by atoms with Crippen LogP contribution < -0.4 is 5.32 Å². The Hall–Kier alpha value is -1.46. The molecule has 3 heterocycles. The van der Waals surface area contributed by atoms with Crippen LogP contribution in [0, 0.1) is 23.2 Å². The first-order valence-electron chi connectivity index (χ1n) is 10.1. The van der Waals surface area contributed by atoms with Crippen molar-refractivity contribution in [1.29, 1.82) is 0 Å². The van der Waals surface area contributed by atoms with Crippen LogP contribution in [0.15, 0.2) is 24.4 Å². The van der Waals surface area contributed by atoms with Crippen LogP contribution >= 0.6 is 0 Å². The molecule has 5 heteroatoms. The highest BCUT2D eigenvalue weighted by Crippen LogP contribution is 2.70. The maximum Gasteiger partial charge on any atom is 0.315 e. The van der Waals surface area contributed by atoms with Crippen molar-refractivity contribution in [3.8, 4) is 0 Å². The molecule has 4 fully saturated rings. The zero-order chi connectivity index (χ0) is 17.9. The summed E-state index contributed by atoms with van der Waals surface area (Å²) in [5.41, 5.74) is 1.22. The Bertz CT molecular complexity index is 710. The number of aromatic nitrogens is 1. The zero-order valence-corrected chi connectivity index (χ0v) is 15.7. The van der Waals surface area contributed by atoms with E-state index in [4.69, 9.17) is 9.47 Å². The SMILES string of the molecule is C[C@H]1CCC[C@]2(C)C[C@H]3OC(=O)[C@H](C[NH2+]Cc4ccccn4)[C@H]3[C@H]3O[C@@]312. The van der Waals surface area contributed by atoms with E-state index in [9.17, 15) is 4.79 Å². The Kier molecular flexibility index (Phi) is 3.70. The second-order valence-corrected chi connectivity index (χ2v) is 9.10. The summed E-state index contributed by atoms with van der Waals surface area (Å²) in [6.07, 6.45) is 6.76. The van der Waals surface area contributed by atoms with Crippen molar-refractivity contribution in [2.75, 3.05) is 6.54 Å². The lowest BCUT2D eigenvalue weighted by Crippen LogP contribution is -2.84. The van der Waals surface area contributed by atoms with E-state index >= 15 is 0 Å². The smallest absolute Gasteiger partial charge is 0.315 e. The van der Waals surface area contributed by atoms with E-state index < -0.39 is 0 Å². The van der Waals surface area contributed by atoms with Gasteiger partial charge in [-0.3, -0.25) is 9.78 Å². The van der Waals surface area contributed by atoms with Gasteiger partial charge in [-0.05, 0) is 37.3 Å². The highest BCUT2D eigenvalue weighted by atomic mass is 16.6. The quantitative estimate of drug-likeness (QED) is 0.657. The molecule has 0 radical (unpaired) electrons. The molecule has 140 valence electrons. The largest absolute Gasteiger partial charge is 0.462 e. The molecule has 4 aliphatic rings. The van der Waals surface area contributed by atoms with Crippen LogP contribution in [0.2, 0.25) is 0 Å². The highest BCUT2D eigenvalue weighted by molar-refractivity contribution is 5.76. The zero-order valence-electron chi connectivity index (χ0n) is 15.7. The van der Waals surface area contributed by atoms with E-state index in [1.54, 1.807) is 0 Å². The Balaban J connectivity index is 1.32. The van der Waals surface area contributed by atoms with Gasteiger partial charge in [0.2, 0.25) is 0 Å². The minimum Gasteiger partial charge on any atom is -0.462 e. The fourth-order valence-electron chi connectivity index (χ4n) is 6.43. The molecule has 26 heavy (non-hydrogen) atoms. The number of epoxide rings is 1. The average molecular weight is 357 g/mol. The molecule has 2 saturated carbocycles. The molecule has 2 aliphatic carbocycles. The first-order chi connectivity index (χ1) is 12.6. The van der Waals surface area contributed by atoms with Crippen molar-refractivity contribution in [2.24, 2.45) is 23.2 Å².